The summed E-state index contributed by atoms with van der Waals surface area (Å²) in [6.45, 7) is 3.14. The Hall–Kier alpha value is -0.550. The molecule has 2 heteroatoms. The number of hydrogen-bond donors (Lipinski definition) is 1. The highest BCUT2D eigenvalue weighted by Gasteiger charge is 2.11. The lowest BCUT2D eigenvalue weighted by molar-refractivity contribution is -0.897. The van der Waals surface area contributed by atoms with Gasteiger partial charge in [0.05, 0.1) is 13.1 Å². The van der Waals surface area contributed by atoms with Gasteiger partial charge in [-0.3, -0.25) is 0 Å². The van der Waals surface area contributed by atoms with Crippen LogP contribution in [0.4, 0.5) is 0 Å². The van der Waals surface area contributed by atoms with Crippen LogP contribution >= 0.6 is 0 Å². The molecule has 1 saturated heterocycles. The molecular weight excluding hydrogens is 112 g/mol. The fourth-order valence-electron chi connectivity index (χ4n) is 1.34. The Morgan fingerprint density at radius 3 is 2.44 bits per heavy atom. The summed E-state index contributed by atoms with van der Waals surface area (Å²) in [5, 5.41) is 8.35. The fraction of sp³-hybridized carbons (Fsp3) is 0.857. The van der Waals surface area contributed by atoms with Crippen molar-refractivity contribution in [2.75, 3.05) is 19.6 Å². The largest absolute Gasteiger partial charge is 0.323 e. The van der Waals surface area contributed by atoms with Crippen LogP contribution in [0.5, 0.6) is 0 Å². The normalized spacial score (nSPS) is 21.2. The molecule has 0 radical (unpaired) electrons. The second-order valence-electron chi connectivity index (χ2n) is 2.65. The van der Waals surface area contributed by atoms with Crippen LogP contribution in [0, 0.1) is 11.3 Å². The van der Waals surface area contributed by atoms with Crippen molar-refractivity contribution < 1.29 is 4.90 Å². The van der Waals surface area contributed by atoms with Crippen LogP contribution < -0.4 is 4.90 Å². The van der Waals surface area contributed by atoms with Crippen LogP contribution in [0.25, 0.3) is 0 Å². The highest BCUT2D eigenvalue weighted by molar-refractivity contribution is 4.65. The van der Waals surface area contributed by atoms with Gasteiger partial charge in [-0.05, 0) is 19.3 Å². The molecule has 0 spiro atoms. The predicted molar refractivity (Wildman–Crippen MR) is 35.0 cm³/mol. The van der Waals surface area contributed by atoms with Crippen molar-refractivity contribution in [1.29, 1.82) is 5.26 Å². The van der Waals surface area contributed by atoms with Crippen molar-refractivity contribution in [3.63, 3.8) is 0 Å². The Morgan fingerprint density at radius 2 is 1.89 bits per heavy atom. The van der Waals surface area contributed by atoms with Crippen molar-refractivity contribution in [2.45, 2.75) is 19.3 Å². The minimum absolute atomic E-state index is 0.708. The van der Waals surface area contributed by atoms with Crippen LogP contribution in [-0.2, 0) is 0 Å². The maximum absolute atomic E-state index is 8.35. The van der Waals surface area contributed by atoms with Crippen LogP contribution in [-0.4, -0.2) is 19.6 Å². The van der Waals surface area contributed by atoms with E-state index in [1.54, 1.807) is 0 Å². The van der Waals surface area contributed by atoms with Gasteiger partial charge in [-0.15, -0.1) is 0 Å². The van der Waals surface area contributed by atoms with Crippen LogP contribution in [0.2, 0.25) is 0 Å². The number of quaternary nitrogens is 1. The average Bonchev–Trinajstić information content (AvgIpc) is 1.91. The van der Waals surface area contributed by atoms with Gasteiger partial charge in [0.2, 0.25) is 0 Å². The van der Waals surface area contributed by atoms with Crippen molar-refractivity contribution in [3.05, 3.63) is 0 Å². The first kappa shape index (κ1) is 6.57. The third kappa shape index (κ3) is 2.03. The lowest BCUT2D eigenvalue weighted by Gasteiger charge is -2.20. The summed E-state index contributed by atoms with van der Waals surface area (Å²) < 4.78 is 0. The molecule has 2 nitrogen and oxygen atoms in total. The van der Waals surface area contributed by atoms with Crippen LogP contribution in [0.15, 0.2) is 0 Å². The monoisotopic (exact) mass is 125 g/mol. The number of nitrogens with zero attached hydrogens (tertiary/aromatic N) is 1. The molecule has 0 saturated carbocycles. The molecule has 1 aliphatic rings. The molecule has 0 aliphatic carbocycles. The third-order valence-electron chi connectivity index (χ3n) is 1.89. The summed E-state index contributed by atoms with van der Waals surface area (Å²) in [6.07, 6.45) is 4.00. The standard InChI is InChI=1S/C7H12N2/c8-4-7-9-5-2-1-3-6-9/h1-3,5-7H2/p+1. The Balaban J connectivity index is 2.17. The Morgan fingerprint density at radius 1 is 1.22 bits per heavy atom. The quantitative estimate of drug-likeness (QED) is 0.474. The molecule has 50 valence electrons. The van der Waals surface area contributed by atoms with Gasteiger partial charge < -0.3 is 4.90 Å². The van der Waals surface area contributed by atoms with E-state index in [1.807, 2.05) is 0 Å². The number of rotatable bonds is 1. The summed E-state index contributed by atoms with van der Waals surface area (Å²) in [6, 6.07) is 2.20. The van der Waals surface area contributed by atoms with E-state index in [-0.39, 0.29) is 0 Å². The van der Waals surface area contributed by atoms with Gasteiger partial charge >= 0.3 is 0 Å². The maximum Gasteiger partial charge on any atom is 0.165 e. The number of likely N-dealkylation sites (tertiary alicyclic amines) is 1. The average molecular weight is 125 g/mol. The van der Waals surface area contributed by atoms with E-state index in [0.717, 1.165) is 0 Å². The third-order valence-corrected chi connectivity index (χ3v) is 1.89. The minimum atomic E-state index is 0.708. The smallest absolute Gasteiger partial charge is 0.165 e. The molecule has 9 heavy (non-hydrogen) atoms. The fourth-order valence-corrected chi connectivity index (χ4v) is 1.34. The summed E-state index contributed by atoms with van der Waals surface area (Å²) in [7, 11) is 0. The molecule has 1 rings (SSSR count). The SMILES string of the molecule is N#CC[NH+]1CCCCC1. The van der Waals surface area contributed by atoms with E-state index in [0.29, 0.717) is 6.54 Å². The van der Waals surface area contributed by atoms with Crippen LogP contribution in [0.3, 0.4) is 0 Å². The first-order chi connectivity index (χ1) is 4.43. The van der Waals surface area contributed by atoms with E-state index in [1.165, 1.54) is 37.3 Å². The molecule has 0 aromatic rings. The number of piperidine rings is 1. The van der Waals surface area contributed by atoms with Gasteiger partial charge in [-0.1, -0.05) is 0 Å². The van der Waals surface area contributed by atoms with Gasteiger partial charge in [-0.2, -0.15) is 5.26 Å². The molecule has 0 aromatic heterocycles. The van der Waals surface area contributed by atoms with Crippen LogP contribution in [0.1, 0.15) is 19.3 Å². The molecule has 1 N–H and O–H groups in total. The van der Waals surface area contributed by atoms with Crippen molar-refractivity contribution in [1.82, 2.24) is 0 Å². The molecule has 0 atom stereocenters. The Labute approximate surface area is 56.1 Å². The molecule has 0 aromatic carbocycles. The zero-order chi connectivity index (χ0) is 6.53. The zero-order valence-electron chi connectivity index (χ0n) is 5.69. The lowest BCUT2D eigenvalue weighted by atomic mass is 10.1. The van der Waals surface area contributed by atoms with E-state index in [9.17, 15) is 0 Å². The number of nitriles is 1. The predicted octanol–water partition coefficient (Wildman–Crippen LogP) is -0.421. The molecule has 1 heterocycles. The highest BCUT2D eigenvalue weighted by Crippen LogP contribution is 1.93. The lowest BCUT2D eigenvalue weighted by Crippen LogP contribution is -3.12. The molecular formula is C7H13N2+. The molecule has 0 amide bonds. The van der Waals surface area contributed by atoms with E-state index < -0.39 is 0 Å². The van der Waals surface area contributed by atoms with E-state index in [2.05, 4.69) is 6.07 Å². The molecule has 1 fully saturated rings. The topological polar surface area (TPSA) is 28.2 Å². The zero-order valence-corrected chi connectivity index (χ0v) is 5.69. The second-order valence-corrected chi connectivity index (χ2v) is 2.65. The molecule has 1 aliphatic heterocycles. The maximum atomic E-state index is 8.35. The second kappa shape index (κ2) is 3.47. The Kier molecular flexibility index (Phi) is 2.53. The Bertz CT molecular complexity index is 109. The summed E-state index contributed by atoms with van der Waals surface area (Å²) in [5.41, 5.74) is 0. The summed E-state index contributed by atoms with van der Waals surface area (Å²) in [4.78, 5) is 1.48. The summed E-state index contributed by atoms with van der Waals surface area (Å²) in [5.74, 6) is 0. The van der Waals surface area contributed by atoms with Crippen molar-refractivity contribution in [3.8, 4) is 6.07 Å². The van der Waals surface area contributed by atoms with Gasteiger partial charge in [0, 0.05) is 0 Å². The van der Waals surface area contributed by atoms with Gasteiger partial charge in [0.25, 0.3) is 0 Å². The number of nitrogens with one attached hydrogen (secondary N) is 1. The highest BCUT2D eigenvalue weighted by atomic mass is 15.1. The first-order valence-electron chi connectivity index (χ1n) is 3.64. The van der Waals surface area contributed by atoms with Gasteiger partial charge in [0.15, 0.2) is 6.54 Å². The van der Waals surface area contributed by atoms with Gasteiger partial charge in [0.1, 0.15) is 6.07 Å². The summed E-state index contributed by atoms with van der Waals surface area (Å²) >= 11 is 0. The minimum Gasteiger partial charge on any atom is -0.323 e. The van der Waals surface area contributed by atoms with Gasteiger partial charge in [-0.25, -0.2) is 0 Å². The first-order valence-corrected chi connectivity index (χ1v) is 3.64. The van der Waals surface area contributed by atoms with E-state index >= 15 is 0 Å². The van der Waals surface area contributed by atoms with Crippen molar-refractivity contribution >= 4 is 0 Å². The number of hydrogen-bond acceptors (Lipinski definition) is 1. The van der Waals surface area contributed by atoms with E-state index in [4.69, 9.17) is 5.26 Å². The van der Waals surface area contributed by atoms with Crippen molar-refractivity contribution in [2.24, 2.45) is 0 Å². The molecule has 0 unspecified atom stereocenters. The molecule has 0 bridgehead atoms.